The second-order valence-electron chi connectivity index (χ2n) is 7.81. The standard InChI is InChI=1S/C19H25N3O4S/c1-27(25,26)16-6-7-17-14(11-16)8-10-22(17)19(24)20-15-3-2-9-21(12-15)18(23)13-4-5-13/h6-7,11,13,15H,2-5,8-10,12H2,1H3,(H,20,24). The molecule has 0 bridgehead atoms. The summed E-state index contributed by atoms with van der Waals surface area (Å²) < 4.78 is 23.4. The Balaban J connectivity index is 1.42. The van der Waals surface area contributed by atoms with Gasteiger partial charge >= 0.3 is 6.03 Å². The number of hydrogen-bond acceptors (Lipinski definition) is 4. The Kier molecular flexibility index (Phi) is 4.61. The molecule has 2 aliphatic heterocycles. The van der Waals surface area contributed by atoms with Crippen molar-refractivity contribution in [1.82, 2.24) is 10.2 Å². The van der Waals surface area contributed by atoms with Crippen LogP contribution >= 0.6 is 0 Å². The summed E-state index contributed by atoms with van der Waals surface area (Å²) in [5.41, 5.74) is 1.64. The van der Waals surface area contributed by atoms with Crippen LogP contribution in [-0.2, 0) is 21.1 Å². The van der Waals surface area contributed by atoms with Crippen molar-refractivity contribution in [3.63, 3.8) is 0 Å². The number of nitrogens with zero attached hydrogens (tertiary/aromatic N) is 2. The highest BCUT2D eigenvalue weighted by atomic mass is 32.2. The number of carbonyl (C=O) groups excluding carboxylic acids is 2. The number of sulfone groups is 1. The predicted octanol–water partition coefficient (Wildman–Crippen LogP) is 1.56. The SMILES string of the molecule is CS(=O)(=O)c1ccc2c(c1)CCN2C(=O)NC1CCCN(C(=O)C2CC2)C1. The molecule has 1 saturated heterocycles. The maximum atomic E-state index is 12.8. The largest absolute Gasteiger partial charge is 0.340 e. The van der Waals surface area contributed by atoms with E-state index in [-0.39, 0.29) is 28.8 Å². The molecule has 3 aliphatic rings. The van der Waals surface area contributed by atoms with Crippen LogP contribution in [0, 0.1) is 5.92 Å². The molecule has 0 spiro atoms. The summed E-state index contributed by atoms with van der Waals surface area (Å²) in [7, 11) is -3.26. The molecule has 1 N–H and O–H groups in total. The van der Waals surface area contributed by atoms with Gasteiger partial charge in [0.2, 0.25) is 5.91 Å². The first-order valence-electron chi connectivity index (χ1n) is 9.53. The van der Waals surface area contributed by atoms with Gasteiger partial charge in [-0.25, -0.2) is 13.2 Å². The molecule has 1 unspecified atom stereocenters. The van der Waals surface area contributed by atoms with E-state index in [2.05, 4.69) is 5.32 Å². The second kappa shape index (κ2) is 6.82. The number of hydrogen-bond donors (Lipinski definition) is 1. The third-order valence-corrected chi connectivity index (χ3v) is 6.72. The number of rotatable bonds is 3. The Morgan fingerprint density at radius 2 is 1.93 bits per heavy atom. The molecule has 146 valence electrons. The summed E-state index contributed by atoms with van der Waals surface area (Å²) in [6.45, 7) is 1.89. The molecule has 4 rings (SSSR count). The molecular formula is C19H25N3O4S. The maximum Gasteiger partial charge on any atom is 0.322 e. The molecule has 1 atom stereocenters. The van der Waals surface area contributed by atoms with Crippen LogP contribution in [0.3, 0.4) is 0 Å². The quantitative estimate of drug-likeness (QED) is 0.847. The van der Waals surface area contributed by atoms with E-state index in [1.165, 1.54) is 6.26 Å². The minimum Gasteiger partial charge on any atom is -0.340 e. The van der Waals surface area contributed by atoms with Crippen molar-refractivity contribution >= 4 is 27.5 Å². The molecular weight excluding hydrogens is 366 g/mol. The molecule has 0 radical (unpaired) electrons. The number of likely N-dealkylation sites (tertiary alicyclic amines) is 1. The summed E-state index contributed by atoms with van der Waals surface area (Å²) in [6.07, 6.45) is 5.58. The van der Waals surface area contributed by atoms with Crippen LogP contribution in [0.5, 0.6) is 0 Å². The Bertz CT molecular complexity index is 879. The highest BCUT2D eigenvalue weighted by molar-refractivity contribution is 7.90. The molecule has 3 amide bonds. The highest BCUT2D eigenvalue weighted by Gasteiger charge is 2.36. The smallest absolute Gasteiger partial charge is 0.322 e. The minimum absolute atomic E-state index is 0.0340. The van der Waals surface area contributed by atoms with E-state index in [9.17, 15) is 18.0 Å². The monoisotopic (exact) mass is 391 g/mol. The Labute approximate surface area is 159 Å². The topological polar surface area (TPSA) is 86.8 Å². The lowest BCUT2D eigenvalue weighted by Gasteiger charge is -2.34. The Hall–Kier alpha value is -2.09. The fourth-order valence-corrected chi connectivity index (χ4v) is 4.63. The lowest BCUT2D eigenvalue weighted by Crippen LogP contribution is -2.52. The fourth-order valence-electron chi connectivity index (χ4n) is 3.96. The van der Waals surface area contributed by atoms with Gasteiger partial charge in [-0.3, -0.25) is 9.69 Å². The van der Waals surface area contributed by atoms with Crippen molar-refractivity contribution in [3.8, 4) is 0 Å². The number of nitrogens with one attached hydrogen (secondary N) is 1. The second-order valence-corrected chi connectivity index (χ2v) is 9.83. The summed E-state index contributed by atoms with van der Waals surface area (Å²) in [6, 6.07) is 4.72. The van der Waals surface area contributed by atoms with Gasteiger partial charge in [-0.05, 0) is 55.9 Å². The van der Waals surface area contributed by atoms with Gasteiger partial charge in [0, 0.05) is 43.5 Å². The summed E-state index contributed by atoms with van der Waals surface area (Å²) in [5.74, 6) is 0.433. The summed E-state index contributed by atoms with van der Waals surface area (Å²) >= 11 is 0. The number of carbonyl (C=O) groups is 2. The van der Waals surface area contributed by atoms with Gasteiger partial charge in [0.25, 0.3) is 0 Å². The number of fused-ring (bicyclic) bond motifs is 1. The first-order chi connectivity index (χ1) is 12.8. The molecule has 7 nitrogen and oxygen atoms in total. The average molecular weight is 391 g/mol. The Morgan fingerprint density at radius 1 is 1.15 bits per heavy atom. The lowest BCUT2D eigenvalue weighted by molar-refractivity contribution is -0.133. The van der Waals surface area contributed by atoms with Crippen molar-refractivity contribution in [2.75, 3.05) is 30.8 Å². The number of amides is 3. The zero-order valence-electron chi connectivity index (χ0n) is 15.5. The lowest BCUT2D eigenvalue weighted by atomic mass is 10.1. The fraction of sp³-hybridized carbons (Fsp3) is 0.579. The Morgan fingerprint density at radius 3 is 2.63 bits per heavy atom. The molecule has 2 fully saturated rings. The first-order valence-corrected chi connectivity index (χ1v) is 11.4. The molecule has 27 heavy (non-hydrogen) atoms. The van der Waals surface area contributed by atoms with E-state index in [1.54, 1.807) is 23.1 Å². The maximum absolute atomic E-state index is 12.8. The summed E-state index contributed by atoms with van der Waals surface area (Å²) in [4.78, 5) is 28.9. The summed E-state index contributed by atoms with van der Waals surface area (Å²) in [5, 5.41) is 3.07. The van der Waals surface area contributed by atoms with Gasteiger partial charge in [-0.1, -0.05) is 0 Å². The third kappa shape index (κ3) is 3.81. The van der Waals surface area contributed by atoms with Crippen molar-refractivity contribution in [2.24, 2.45) is 5.92 Å². The molecule has 1 aliphatic carbocycles. The van der Waals surface area contributed by atoms with Gasteiger partial charge < -0.3 is 10.2 Å². The van der Waals surface area contributed by atoms with Crippen molar-refractivity contribution in [1.29, 1.82) is 0 Å². The normalized spacial score (nSPS) is 22.5. The van der Waals surface area contributed by atoms with Crippen LogP contribution < -0.4 is 10.2 Å². The van der Waals surface area contributed by atoms with Gasteiger partial charge in [-0.2, -0.15) is 0 Å². The van der Waals surface area contributed by atoms with Crippen LogP contribution in [0.2, 0.25) is 0 Å². The zero-order chi connectivity index (χ0) is 19.2. The molecule has 2 heterocycles. The van der Waals surface area contributed by atoms with E-state index in [4.69, 9.17) is 0 Å². The van der Waals surface area contributed by atoms with E-state index < -0.39 is 9.84 Å². The van der Waals surface area contributed by atoms with Crippen molar-refractivity contribution < 1.29 is 18.0 Å². The van der Waals surface area contributed by atoms with E-state index in [1.807, 2.05) is 4.90 Å². The van der Waals surface area contributed by atoms with Gasteiger partial charge in [0.05, 0.1) is 4.90 Å². The predicted molar refractivity (Wildman–Crippen MR) is 101 cm³/mol. The van der Waals surface area contributed by atoms with Crippen LogP contribution in [0.4, 0.5) is 10.5 Å². The van der Waals surface area contributed by atoms with Crippen molar-refractivity contribution in [2.45, 2.75) is 43.0 Å². The average Bonchev–Trinajstić information content (AvgIpc) is 3.39. The first kappa shape index (κ1) is 18.3. The van der Waals surface area contributed by atoms with E-state index >= 15 is 0 Å². The van der Waals surface area contributed by atoms with Crippen LogP contribution in [0.1, 0.15) is 31.2 Å². The third-order valence-electron chi connectivity index (χ3n) is 5.61. The number of urea groups is 1. The van der Waals surface area contributed by atoms with Gasteiger partial charge in [-0.15, -0.1) is 0 Å². The van der Waals surface area contributed by atoms with Gasteiger partial charge in [0.1, 0.15) is 0 Å². The number of anilines is 1. The van der Waals surface area contributed by atoms with Crippen LogP contribution in [0.15, 0.2) is 23.1 Å². The van der Waals surface area contributed by atoms with E-state index in [0.717, 1.165) is 43.5 Å². The number of benzene rings is 1. The number of piperidine rings is 1. The van der Waals surface area contributed by atoms with Gasteiger partial charge in [0.15, 0.2) is 9.84 Å². The molecule has 1 saturated carbocycles. The molecule has 8 heteroatoms. The van der Waals surface area contributed by atoms with Crippen molar-refractivity contribution in [3.05, 3.63) is 23.8 Å². The molecule has 1 aromatic rings. The molecule has 1 aromatic carbocycles. The minimum atomic E-state index is -3.26. The van der Waals surface area contributed by atoms with E-state index in [0.29, 0.717) is 19.5 Å². The van der Waals surface area contributed by atoms with Crippen LogP contribution in [-0.4, -0.2) is 57.2 Å². The molecule has 0 aromatic heterocycles. The van der Waals surface area contributed by atoms with Crippen LogP contribution in [0.25, 0.3) is 0 Å². The highest BCUT2D eigenvalue weighted by Crippen LogP contribution is 2.32. The zero-order valence-corrected chi connectivity index (χ0v) is 16.3.